The number of hydrogen-bond donors (Lipinski definition) is 2. The van der Waals surface area contributed by atoms with Crippen LogP contribution in [0.25, 0.3) is 10.2 Å². The summed E-state index contributed by atoms with van der Waals surface area (Å²) in [6.45, 7) is 0. The average Bonchev–Trinajstić information content (AvgIpc) is 2.92. The highest BCUT2D eigenvalue weighted by molar-refractivity contribution is 7.16. The minimum atomic E-state index is 0.674. The lowest BCUT2D eigenvalue weighted by molar-refractivity contribution is 0.768. The van der Waals surface area contributed by atoms with Gasteiger partial charge in [0.2, 0.25) is 0 Å². The predicted octanol–water partition coefficient (Wildman–Crippen LogP) is 2.36. The summed E-state index contributed by atoms with van der Waals surface area (Å²) in [6.07, 6.45) is 3.65. The lowest BCUT2D eigenvalue weighted by atomic mass is 10.2. The molecule has 2 heterocycles. The van der Waals surface area contributed by atoms with E-state index >= 15 is 0 Å². The standard InChI is InChI=1S/C11H11N5S/c1-16-5-7(4-14-16)15-8-2-3-9-11(10(8)12)13-6-17-9/h2-6,15H,12H2,1H3. The highest BCUT2D eigenvalue weighted by Gasteiger charge is 2.07. The monoisotopic (exact) mass is 245 g/mol. The molecule has 0 fully saturated rings. The van der Waals surface area contributed by atoms with Gasteiger partial charge in [-0.15, -0.1) is 11.3 Å². The second-order valence-electron chi connectivity index (χ2n) is 3.75. The number of thiazole rings is 1. The van der Waals surface area contributed by atoms with Crippen LogP contribution in [0.2, 0.25) is 0 Å². The van der Waals surface area contributed by atoms with Gasteiger partial charge in [0.1, 0.15) is 5.52 Å². The highest BCUT2D eigenvalue weighted by atomic mass is 32.1. The van der Waals surface area contributed by atoms with E-state index in [2.05, 4.69) is 15.4 Å². The summed E-state index contributed by atoms with van der Waals surface area (Å²) in [5.74, 6) is 0. The van der Waals surface area contributed by atoms with E-state index in [0.29, 0.717) is 5.69 Å². The van der Waals surface area contributed by atoms with Gasteiger partial charge in [0, 0.05) is 13.2 Å². The topological polar surface area (TPSA) is 68.8 Å². The van der Waals surface area contributed by atoms with Gasteiger partial charge in [-0.2, -0.15) is 5.10 Å². The zero-order valence-electron chi connectivity index (χ0n) is 9.21. The second-order valence-corrected chi connectivity index (χ2v) is 4.64. The largest absolute Gasteiger partial charge is 0.395 e. The Balaban J connectivity index is 2.02. The Morgan fingerprint density at radius 3 is 3.06 bits per heavy atom. The molecule has 2 aromatic heterocycles. The molecule has 0 saturated carbocycles. The van der Waals surface area contributed by atoms with Crippen molar-refractivity contribution in [3.8, 4) is 0 Å². The molecule has 86 valence electrons. The fourth-order valence-electron chi connectivity index (χ4n) is 1.70. The van der Waals surface area contributed by atoms with Gasteiger partial charge < -0.3 is 11.1 Å². The van der Waals surface area contributed by atoms with Crippen molar-refractivity contribution in [2.75, 3.05) is 11.1 Å². The van der Waals surface area contributed by atoms with E-state index in [1.165, 1.54) is 0 Å². The van der Waals surface area contributed by atoms with Crippen LogP contribution in [0.15, 0.2) is 30.0 Å². The molecule has 0 aliphatic heterocycles. The molecule has 0 amide bonds. The molecule has 0 bridgehead atoms. The Bertz CT molecular complexity index is 669. The summed E-state index contributed by atoms with van der Waals surface area (Å²) in [4.78, 5) is 4.26. The molecule has 0 unspecified atom stereocenters. The van der Waals surface area contributed by atoms with Crippen LogP contribution in [-0.2, 0) is 7.05 Å². The van der Waals surface area contributed by atoms with Crippen molar-refractivity contribution in [2.24, 2.45) is 7.05 Å². The molecular weight excluding hydrogens is 234 g/mol. The Kier molecular flexibility index (Phi) is 2.22. The number of aryl methyl sites for hydroxylation is 1. The lowest BCUT2D eigenvalue weighted by Crippen LogP contribution is -1.96. The van der Waals surface area contributed by atoms with Gasteiger partial charge >= 0.3 is 0 Å². The van der Waals surface area contributed by atoms with Crippen molar-refractivity contribution in [3.05, 3.63) is 30.0 Å². The maximum Gasteiger partial charge on any atom is 0.106 e. The first-order chi connectivity index (χ1) is 8.24. The Hall–Kier alpha value is -2.08. The first kappa shape index (κ1) is 10.1. The van der Waals surface area contributed by atoms with E-state index in [0.717, 1.165) is 21.6 Å². The summed E-state index contributed by atoms with van der Waals surface area (Å²) in [6, 6.07) is 3.98. The normalized spacial score (nSPS) is 10.9. The van der Waals surface area contributed by atoms with E-state index in [1.54, 1.807) is 27.7 Å². The summed E-state index contributed by atoms with van der Waals surface area (Å²) in [7, 11) is 1.87. The van der Waals surface area contributed by atoms with Gasteiger partial charge in [-0.05, 0) is 12.1 Å². The molecule has 0 saturated heterocycles. The maximum atomic E-state index is 6.07. The fraction of sp³-hybridized carbons (Fsp3) is 0.0909. The van der Waals surface area contributed by atoms with Gasteiger partial charge in [0.05, 0.1) is 33.5 Å². The summed E-state index contributed by atoms with van der Waals surface area (Å²) >= 11 is 1.59. The first-order valence-electron chi connectivity index (χ1n) is 5.11. The molecule has 3 rings (SSSR count). The number of nitrogens with two attached hydrogens (primary N) is 1. The molecule has 0 aliphatic carbocycles. The number of aromatic nitrogens is 3. The van der Waals surface area contributed by atoms with E-state index in [4.69, 9.17) is 5.73 Å². The molecule has 3 aromatic rings. The summed E-state index contributed by atoms with van der Waals surface area (Å²) in [5, 5.41) is 7.33. The predicted molar refractivity (Wildman–Crippen MR) is 70.5 cm³/mol. The van der Waals surface area contributed by atoms with Gasteiger partial charge in [-0.3, -0.25) is 4.68 Å². The minimum Gasteiger partial charge on any atom is -0.395 e. The molecule has 0 radical (unpaired) electrons. The van der Waals surface area contributed by atoms with Crippen LogP contribution >= 0.6 is 11.3 Å². The number of nitrogens with one attached hydrogen (secondary N) is 1. The Labute approximate surface area is 102 Å². The van der Waals surface area contributed by atoms with Crippen molar-refractivity contribution in [1.29, 1.82) is 0 Å². The minimum absolute atomic E-state index is 0.674. The molecule has 5 nitrogen and oxygen atoms in total. The van der Waals surface area contributed by atoms with Crippen molar-refractivity contribution < 1.29 is 0 Å². The number of rotatable bonds is 2. The molecule has 1 aromatic carbocycles. The number of benzene rings is 1. The highest BCUT2D eigenvalue weighted by Crippen LogP contribution is 2.31. The molecule has 0 spiro atoms. The van der Waals surface area contributed by atoms with Crippen LogP contribution in [0, 0.1) is 0 Å². The summed E-state index contributed by atoms with van der Waals surface area (Å²) in [5.41, 5.74) is 11.2. The van der Waals surface area contributed by atoms with E-state index in [-0.39, 0.29) is 0 Å². The van der Waals surface area contributed by atoms with Crippen molar-refractivity contribution in [3.63, 3.8) is 0 Å². The van der Waals surface area contributed by atoms with Crippen molar-refractivity contribution in [1.82, 2.24) is 14.8 Å². The zero-order valence-corrected chi connectivity index (χ0v) is 10.0. The molecule has 17 heavy (non-hydrogen) atoms. The smallest absolute Gasteiger partial charge is 0.106 e. The quantitative estimate of drug-likeness (QED) is 0.680. The molecule has 0 aliphatic rings. The molecule has 6 heteroatoms. The second kappa shape index (κ2) is 3.74. The van der Waals surface area contributed by atoms with Crippen molar-refractivity contribution >= 4 is 38.6 Å². The third-order valence-corrected chi connectivity index (χ3v) is 3.32. The van der Waals surface area contributed by atoms with Gasteiger partial charge in [-0.25, -0.2) is 4.98 Å². The van der Waals surface area contributed by atoms with Crippen LogP contribution < -0.4 is 11.1 Å². The third kappa shape index (κ3) is 1.72. The first-order valence-corrected chi connectivity index (χ1v) is 5.99. The SMILES string of the molecule is Cn1cc(Nc2ccc3scnc3c2N)cn1. The van der Waals surface area contributed by atoms with Crippen molar-refractivity contribution in [2.45, 2.75) is 0 Å². The third-order valence-electron chi connectivity index (χ3n) is 2.53. The summed E-state index contributed by atoms with van der Waals surface area (Å²) < 4.78 is 2.83. The van der Waals surface area contributed by atoms with Crippen LogP contribution in [0.5, 0.6) is 0 Å². The van der Waals surface area contributed by atoms with Crippen LogP contribution in [0.3, 0.4) is 0 Å². The molecule has 0 atom stereocenters. The van der Waals surface area contributed by atoms with E-state index in [1.807, 2.05) is 25.4 Å². The lowest BCUT2D eigenvalue weighted by Gasteiger charge is -2.07. The number of nitrogen functional groups attached to an aromatic ring is 1. The van der Waals surface area contributed by atoms with E-state index in [9.17, 15) is 0 Å². The fourth-order valence-corrected chi connectivity index (χ4v) is 2.39. The average molecular weight is 245 g/mol. The Morgan fingerprint density at radius 1 is 1.41 bits per heavy atom. The van der Waals surface area contributed by atoms with Crippen LogP contribution in [-0.4, -0.2) is 14.8 Å². The van der Waals surface area contributed by atoms with Crippen LogP contribution in [0.1, 0.15) is 0 Å². The number of hydrogen-bond acceptors (Lipinski definition) is 5. The number of fused-ring (bicyclic) bond motifs is 1. The van der Waals surface area contributed by atoms with Gasteiger partial charge in [0.25, 0.3) is 0 Å². The van der Waals surface area contributed by atoms with Gasteiger partial charge in [0.15, 0.2) is 0 Å². The van der Waals surface area contributed by atoms with E-state index < -0.39 is 0 Å². The zero-order chi connectivity index (χ0) is 11.8. The number of nitrogens with zero attached hydrogens (tertiary/aromatic N) is 3. The van der Waals surface area contributed by atoms with Gasteiger partial charge in [-0.1, -0.05) is 0 Å². The van der Waals surface area contributed by atoms with Crippen LogP contribution in [0.4, 0.5) is 17.1 Å². The Morgan fingerprint density at radius 2 is 2.29 bits per heavy atom. The number of anilines is 3. The molecule has 3 N–H and O–H groups in total. The maximum absolute atomic E-state index is 6.07. The molecular formula is C11H11N5S.